The largest absolute Gasteiger partial charge is 0.497 e. The van der Waals surface area contributed by atoms with Crippen LogP contribution < -0.4 is 10.1 Å². The van der Waals surface area contributed by atoms with Gasteiger partial charge in [0, 0.05) is 11.2 Å². The predicted molar refractivity (Wildman–Crippen MR) is 102 cm³/mol. The lowest BCUT2D eigenvalue weighted by Crippen LogP contribution is -2.28. The average Bonchev–Trinajstić information content (AvgIpc) is 3.01. The first-order valence-electron chi connectivity index (χ1n) is 8.13. The van der Waals surface area contributed by atoms with Crippen molar-refractivity contribution in [2.24, 2.45) is 0 Å². The van der Waals surface area contributed by atoms with Crippen molar-refractivity contribution in [1.29, 1.82) is 0 Å². The summed E-state index contributed by atoms with van der Waals surface area (Å²) in [6.07, 6.45) is 0. The molecule has 0 unspecified atom stereocenters. The predicted octanol–water partition coefficient (Wildman–Crippen LogP) is 3.69. The number of rotatable bonds is 6. The molecule has 26 heavy (non-hydrogen) atoms. The quantitative estimate of drug-likeness (QED) is 0.673. The zero-order chi connectivity index (χ0) is 18.5. The Labute approximate surface area is 155 Å². The van der Waals surface area contributed by atoms with Crippen molar-refractivity contribution < 1.29 is 19.1 Å². The van der Waals surface area contributed by atoms with Crippen LogP contribution in [0.3, 0.4) is 0 Å². The number of amides is 1. The lowest BCUT2D eigenvalue weighted by atomic mass is 10.1. The van der Waals surface area contributed by atoms with E-state index in [2.05, 4.69) is 5.32 Å². The normalized spacial score (nSPS) is 10.5. The average molecular weight is 369 g/mol. The molecule has 134 valence electrons. The van der Waals surface area contributed by atoms with Gasteiger partial charge in [-0.15, -0.1) is 11.3 Å². The molecule has 1 aromatic heterocycles. The monoisotopic (exact) mass is 369 g/mol. The second kappa shape index (κ2) is 8.01. The fraction of sp³-hybridized carbons (Fsp3) is 0.200. The molecule has 0 bridgehead atoms. The minimum absolute atomic E-state index is 0.309. The first kappa shape index (κ1) is 17.9. The molecular formula is C20H19NO4S. The third-order valence-electron chi connectivity index (χ3n) is 3.99. The lowest BCUT2D eigenvalue weighted by molar-refractivity contribution is -0.124. The summed E-state index contributed by atoms with van der Waals surface area (Å²) in [7, 11) is 1.59. The van der Waals surface area contributed by atoms with Gasteiger partial charge in [-0.05, 0) is 41.6 Å². The molecule has 1 amide bonds. The van der Waals surface area contributed by atoms with Crippen molar-refractivity contribution in [3.63, 3.8) is 0 Å². The van der Waals surface area contributed by atoms with Gasteiger partial charge in [-0.1, -0.05) is 30.3 Å². The summed E-state index contributed by atoms with van der Waals surface area (Å²) in [5.74, 6) is -0.0939. The second-order valence-corrected chi connectivity index (χ2v) is 6.81. The number of hydrogen-bond donors (Lipinski definition) is 1. The number of nitrogens with one attached hydrogen (secondary N) is 1. The van der Waals surface area contributed by atoms with Gasteiger partial charge in [0.2, 0.25) is 0 Å². The highest BCUT2D eigenvalue weighted by Crippen LogP contribution is 2.30. The Kier molecular flexibility index (Phi) is 5.53. The van der Waals surface area contributed by atoms with Crippen LogP contribution in [-0.2, 0) is 16.1 Å². The van der Waals surface area contributed by atoms with Crippen molar-refractivity contribution in [3.8, 4) is 5.75 Å². The van der Waals surface area contributed by atoms with Crippen LogP contribution in [-0.4, -0.2) is 25.6 Å². The van der Waals surface area contributed by atoms with Gasteiger partial charge in [0.1, 0.15) is 10.6 Å². The molecule has 0 saturated heterocycles. The fourth-order valence-corrected chi connectivity index (χ4v) is 3.70. The smallest absolute Gasteiger partial charge is 0.349 e. The summed E-state index contributed by atoms with van der Waals surface area (Å²) in [5, 5.41) is 3.76. The summed E-state index contributed by atoms with van der Waals surface area (Å²) in [4.78, 5) is 24.8. The van der Waals surface area contributed by atoms with Gasteiger partial charge in [0.15, 0.2) is 6.61 Å². The van der Waals surface area contributed by atoms with Crippen LogP contribution in [0.2, 0.25) is 0 Å². The molecule has 0 radical (unpaired) electrons. The van der Waals surface area contributed by atoms with E-state index in [4.69, 9.17) is 9.47 Å². The van der Waals surface area contributed by atoms with Gasteiger partial charge in [-0.3, -0.25) is 4.79 Å². The minimum Gasteiger partial charge on any atom is -0.497 e. The summed E-state index contributed by atoms with van der Waals surface area (Å²) < 4.78 is 11.3. The third kappa shape index (κ3) is 4.03. The van der Waals surface area contributed by atoms with Crippen LogP contribution in [0.25, 0.3) is 10.1 Å². The van der Waals surface area contributed by atoms with E-state index < -0.39 is 5.97 Å². The summed E-state index contributed by atoms with van der Waals surface area (Å²) in [5.41, 5.74) is 1.79. The van der Waals surface area contributed by atoms with Crippen molar-refractivity contribution in [3.05, 3.63) is 64.5 Å². The van der Waals surface area contributed by atoms with Crippen molar-refractivity contribution in [1.82, 2.24) is 5.32 Å². The lowest BCUT2D eigenvalue weighted by Gasteiger charge is -2.07. The van der Waals surface area contributed by atoms with Crippen LogP contribution in [0.5, 0.6) is 5.75 Å². The Morgan fingerprint density at radius 2 is 1.92 bits per heavy atom. The van der Waals surface area contributed by atoms with Crippen LogP contribution in [0.15, 0.2) is 48.5 Å². The standard InChI is InChI=1S/C20H19NO4S/c1-13-16-8-3-4-9-17(16)26-19(13)20(23)25-12-18(22)21-11-14-6-5-7-15(10-14)24-2/h3-10H,11-12H2,1-2H3,(H,21,22). The number of hydrogen-bond acceptors (Lipinski definition) is 5. The number of methoxy groups -OCH3 is 1. The summed E-state index contributed by atoms with van der Waals surface area (Å²) in [6, 6.07) is 15.2. The molecular weight excluding hydrogens is 350 g/mol. The number of fused-ring (bicyclic) bond motifs is 1. The number of carbonyl (C=O) groups is 2. The van der Waals surface area contributed by atoms with E-state index in [1.807, 2.05) is 55.5 Å². The van der Waals surface area contributed by atoms with Gasteiger partial charge in [0.05, 0.1) is 7.11 Å². The maximum absolute atomic E-state index is 12.3. The minimum atomic E-state index is -0.472. The molecule has 0 fully saturated rings. The first-order chi connectivity index (χ1) is 12.6. The highest BCUT2D eigenvalue weighted by molar-refractivity contribution is 7.21. The van der Waals surface area contributed by atoms with E-state index in [1.54, 1.807) is 7.11 Å². The van der Waals surface area contributed by atoms with Crippen molar-refractivity contribution in [2.45, 2.75) is 13.5 Å². The highest BCUT2D eigenvalue weighted by Gasteiger charge is 2.17. The molecule has 0 aliphatic heterocycles. The molecule has 0 spiro atoms. The molecule has 5 nitrogen and oxygen atoms in total. The topological polar surface area (TPSA) is 64.6 Å². The summed E-state index contributed by atoms with van der Waals surface area (Å²) in [6.45, 7) is 1.92. The second-order valence-electron chi connectivity index (χ2n) is 5.76. The Balaban J connectivity index is 1.55. The van der Waals surface area contributed by atoms with E-state index in [0.717, 1.165) is 27.0 Å². The van der Waals surface area contributed by atoms with E-state index in [1.165, 1.54) is 11.3 Å². The van der Waals surface area contributed by atoms with Crippen LogP contribution in [0, 0.1) is 6.92 Å². The zero-order valence-corrected chi connectivity index (χ0v) is 15.4. The number of benzene rings is 2. The number of ether oxygens (including phenoxy) is 2. The SMILES string of the molecule is COc1cccc(CNC(=O)COC(=O)c2sc3ccccc3c2C)c1. The summed E-state index contributed by atoms with van der Waals surface area (Å²) >= 11 is 1.38. The Hall–Kier alpha value is -2.86. The molecule has 6 heteroatoms. The van der Waals surface area contributed by atoms with E-state index >= 15 is 0 Å². The van der Waals surface area contributed by atoms with Gasteiger partial charge < -0.3 is 14.8 Å². The molecule has 3 aromatic rings. The molecule has 0 atom stereocenters. The Bertz CT molecular complexity index is 948. The van der Waals surface area contributed by atoms with Crippen LogP contribution in [0.1, 0.15) is 20.8 Å². The van der Waals surface area contributed by atoms with Crippen LogP contribution >= 0.6 is 11.3 Å². The van der Waals surface area contributed by atoms with Gasteiger partial charge in [0.25, 0.3) is 5.91 Å². The molecule has 1 N–H and O–H groups in total. The van der Waals surface area contributed by atoms with Gasteiger partial charge in [-0.25, -0.2) is 4.79 Å². The number of esters is 1. The fourth-order valence-electron chi connectivity index (χ4n) is 2.60. The number of aryl methyl sites for hydroxylation is 1. The Morgan fingerprint density at radius 1 is 1.12 bits per heavy atom. The molecule has 0 aliphatic carbocycles. The molecule has 3 rings (SSSR count). The first-order valence-corrected chi connectivity index (χ1v) is 8.95. The number of thiophene rings is 1. The van der Waals surface area contributed by atoms with Crippen LogP contribution in [0.4, 0.5) is 0 Å². The molecule has 0 saturated carbocycles. The molecule has 2 aromatic carbocycles. The highest BCUT2D eigenvalue weighted by atomic mass is 32.1. The zero-order valence-electron chi connectivity index (χ0n) is 14.6. The number of carbonyl (C=O) groups excluding carboxylic acids is 2. The van der Waals surface area contributed by atoms with E-state index in [-0.39, 0.29) is 12.5 Å². The van der Waals surface area contributed by atoms with E-state index in [9.17, 15) is 9.59 Å². The third-order valence-corrected chi connectivity index (χ3v) is 5.24. The molecule has 1 heterocycles. The maximum atomic E-state index is 12.3. The Morgan fingerprint density at radius 3 is 2.69 bits per heavy atom. The van der Waals surface area contributed by atoms with Gasteiger partial charge in [-0.2, -0.15) is 0 Å². The maximum Gasteiger partial charge on any atom is 0.349 e. The van der Waals surface area contributed by atoms with E-state index in [0.29, 0.717) is 11.4 Å². The van der Waals surface area contributed by atoms with Crippen molar-refractivity contribution in [2.75, 3.05) is 13.7 Å². The molecule has 0 aliphatic rings. The van der Waals surface area contributed by atoms with Gasteiger partial charge >= 0.3 is 5.97 Å². The van der Waals surface area contributed by atoms with Crippen molar-refractivity contribution >= 4 is 33.3 Å².